The smallest absolute Gasteiger partial charge is 0.238 e. The first kappa shape index (κ1) is 9.26. The molecule has 68 valence electrons. The number of carbonyl (C=O) groups excluding carboxylic acids is 1. The fourth-order valence-electron chi connectivity index (χ4n) is 1.28. The normalized spacial score (nSPS) is 19.8. The maximum absolute atomic E-state index is 11.2. The van der Waals surface area contributed by atoms with Crippen LogP contribution < -0.4 is 0 Å². The van der Waals surface area contributed by atoms with Crippen LogP contribution in [0.15, 0.2) is 12.2 Å². The zero-order valence-corrected chi connectivity index (χ0v) is 7.79. The molecule has 0 N–H and O–H groups in total. The van der Waals surface area contributed by atoms with Gasteiger partial charge in [-0.25, -0.2) is 5.01 Å². The first-order chi connectivity index (χ1) is 5.75. The van der Waals surface area contributed by atoms with Crippen LogP contribution >= 0.6 is 0 Å². The standard InChI is InChI=1S/C9H16N2O/c1-3-4-5-7-11-9(12)6-8-10(11)2/h4-5H,3,6-8H2,1-2H3/b5-4+. The molecule has 0 aromatic carbocycles. The van der Waals surface area contributed by atoms with Gasteiger partial charge in [0.25, 0.3) is 0 Å². The minimum atomic E-state index is 0.234. The molecule has 0 saturated carbocycles. The molecule has 3 nitrogen and oxygen atoms in total. The van der Waals surface area contributed by atoms with Crippen molar-refractivity contribution in [2.24, 2.45) is 0 Å². The molecule has 3 heteroatoms. The molecule has 1 aliphatic heterocycles. The largest absolute Gasteiger partial charge is 0.273 e. The van der Waals surface area contributed by atoms with E-state index in [1.807, 2.05) is 18.1 Å². The number of hydrogen-bond donors (Lipinski definition) is 0. The van der Waals surface area contributed by atoms with E-state index in [9.17, 15) is 4.79 Å². The zero-order valence-electron chi connectivity index (χ0n) is 7.79. The number of rotatable bonds is 3. The van der Waals surface area contributed by atoms with Gasteiger partial charge in [-0.05, 0) is 6.42 Å². The second-order valence-corrected chi connectivity index (χ2v) is 2.99. The summed E-state index contributed by atoms with van der Waals surface area (Å²) in [7, 11) is 1.95. The maximum Gasteiger partial charge on any atom is 0.238 e. The zero-order chi connectivity index (χ0) is 8.97. The summed E-state index contributed by atoms with van der Waals surface area (Å²) in [5, 5.41) is 3.76. The van der Waals surface area contributed by atoms with E-state index >= 15 is 0 Å². The summed E-state index contributed by atoms with van der Waals surface area (Å²) >= 11 is 0. The van der Waals surface area contributed by atoms with E-state index in [2.05, 4.69) is 13.0 Å². The molecule has 0 aromatic rings. The summed E-state index contributed by atoms with van der Waals surface area (Å²) < 4.78 is 0. The third-order valence-electron chi connectivity index (χ3n) is 2.03. The Balaban J connectivity index is 2.39. The lowest BCUT2D eigenvalue weighted by molar-refractivity contribution is -0.135. The van der Waals surface area contributed by atoms with Crippen LogP contribution in [0.2, 0.25) is 0 Å². The number of nitrogens with zero attached hydrogens (tertiary/aromatic N) is 2. The minimum Gasteiger partial charge on any atom is -0.273 e. The molecule has 0 atom stereocenters. The van der Waals surface area contributed by atoms with Crippen molar-refractivity contribution in [2.45, 2.75) is 19.8 Å². The first-order valence-corrected chi connectivity index (χ1v) is 4.42. The van der Waals surface area contributed by atoms with Gasteiger partial charge in [-0.1, -0.05) is 19.1 Å². The van der Waals surface area contributed by atoms with Gasteiger partial charge in [0.05, 0.1) is 6.54 Å². The first-order valence-electron chi connectivity index (χ1n) is 4.42. The van der Waals surface area contributed by atoms with Crippen molar-refractivity contribution in [1.82, 2.24) is 10.0 Å². The molecule has 1 amide bonds. The molecular formula is C9H16N2O. The van der Waals surface area contributed by atoms with Gasteiger partial charge < -0.3 is 0 Å². The van der Waals surface area contributed by atoms with Crippen molar-refractivity contribution in [3.63, 3.8) is 0 Å². The summed E-state index contributed by atoms with van der Waals surface area (Å²) in [6.45, 7) is 3.67. The Hall–Kier alpha value is -0.830. The van der Waals surface area contributed by atoms with Gasteiger partial charge in [-0.2, -0.15) is 0 Å². The lowest BCUT2D eigenvalue weighted by atomic mass is 10.4. The summed E-state index contributed by atoms with van der Waals surface area (Å²) in [4.78, 5) is 11.2. The maximum atomic E-state index is 11.2. The Morgan fingerprint density at radius 3 is 2.75 bits per heavy atom. The Morgan fingerprint density at radius 1 is 1.50 bits per heavy atom. The second kappa shape index (κ2) is 4.26. The quantitative estimate of drug-likeness (QED) is 0.588. The van der Waals surface area contributed by atoms with Gasteiger partial charge in [-0.3, -0.25) is 9.80 Å². The number of hydrazine groups is 1. The third kappa shape index (κ3) is 2.08. The Bertz CT molecular complexity index is 189. The highest BCUT2D eigenvalue weighted by atomic mass is 16.2. The third-order valence-corrected chi connectivity index (χ3v) is 2.03. The molecular weight excluding hydrogens is 152 g/mol. The lowest BCUT2D eigenvalue weighted by Crippen LogP contribution is -2.36. The Morgan fingerprint density at radius 2 is 2.25 bits per heavy atom. The molecule has 0 aliphatic carbocycles. The van der Waals surface area contributed by atoms with Crippen molar-refractivity contribution >= 4 is 5.91 Å². The van der Waals surface area contributed by atoms with Crippen molar-refractivity contribution in [1.29, 1.82) is 0 Å². The van der Waals surface area contributed by atoms with Crippen LogP contribution in [0.25, 0.3) is 0 Å². The summed E-state index contributed by atoms with van der Waals surface area (Å²) in [6.07, 6.45) is 5.82. The minimum absolute atomic E-state index is 0.234. The van der Waals surface area contributed by atoms with Crippen LogP contribution in [0.3, 0.4) is 0 Å². The number of amides is 1. The summed E-state index contributed by atoms with van der Waals surface area (Å²) in [5.41, 5.74) is 0. The van der Waals surface area contributed by atoms with Gasteiger partial charge >= 0.3 is 0 Å². The average Bonchev–Trinajstić information content (AvgIpc) is 2.35. The van der Waals surface area contributed by atoms with Crippen LogP contribution in [0.5, 0.6) is 0 Å². The second-order valence-electron chi connectivity index (χ2n) is 2.99. The fraction of sp³-hybridized carbons (Fsp3) is 0.667. The van der Waals surface area contributed by atoms with E-state index in [-0.39, 0.29) is 5.91 Å². The van der Waals surface area contributed by atoms with Crippen LogP contribution in [-0.2, 0) is 4.79 Å². The highest BCUT2D eigenvalue weighted by Crippen LogP contribution is 2.08. The van der Waals surface area contributed by atoms with Gasteiger partial charge in [0.1, 0.15) is 0 Å². The van der Waals surface area contributed by atoms with Gasteiger partial charge in [0.2, 0.25) is 5.91 Å². The molecule has 1 saturated heterocycles. The van der Waals surface area contributed by atoms with Gasteiger partial charge in [0, 0.05) is 20.0 Å². The van der Waals surface area contributed by atoms with E-state index in [0.29, 0.717) is 6.42 Å². The van der Waals surface area contributed by atoms with Crippen LogP contribution in [0.1, 0.15) is 19.8 Å². The van der Waals surface area contributed by atoms with Crippen molar-refractivity contribution in [2.75, 3.05) is 20.1 Å². The highest BCUT2D eigenvalue weighted by Gasteiger charge is 2.23. The highest BCUT2D eigenvalue weighted by molar-refractivity contribution is 5.77. The molecule has 0 radical (unpaired) electrons. The van der Waals surface area contributed by atoms with Crippen LogP contribution in [-0.4, -0.2) is 36.1 Å². The van der Waals surface area contributed by atoms with Crippen molar-refractivity contribution in [3.8, 4) is 0 Å². The van der Waals surface area contributed by atoms with Gasteiger partial charge in [-0.15, -0.1) is 0 Å². The van der Waals surface area contributed by atoms with E-state index in [4.69, 9.17) is 0 Å². The predicted octanol–water partition coefficient (Wildman–Crippen LogP) is 1.03. The number of carbonyl (C=O) groups is 1. The molecule has 1 aliphatic rings. The molecule has 12 heavy (non-hydrogen) atoms. The molecule has 0 aromatic heterocycles. The predicted molar refractivity (Wildman–Crippen MR) is 48.4 cm³/mol. The Labute approximate surface area is 73.6 Å². The molecule has 1 fully saturated rings. The molecule has 0 spiro atoms. The SMILES string of the molecule is CC/C=C/CN1C(=O)CCN1C. The monoisotopic (exact) mass is 168 g/mol. The van der Waals surface area contributed by atoms with Gasteiger partial charge in [0.15, 0.2) is 0 Å². The fourth-order valence-corrected chi connectivity index (χ4v) is 1.28. The van der Waals surface area contributed by atoms with E-state index in [1.165, 1.54) is 0 Å². The van der Waals surface area contributed by atoms with Crippen molar-refractivity contribution in [3.05, 3.63) is 12.2 Å². The van der Waals surface area contributed by atoms with E-state index in [1.54, 1.807) is 5.01 Å². The van der Waals surface area contributed by atoms with Crippen LogP contribution in [0, 0.1) is 0 Å². The van der Waals surface area contributed by atoms with Crippen LogP contribution in [0.4, 0.5) is 0 Å². The molecule has 1 heterocycles. The number of hydrogen-bond acceptors (Lipinski definition) is 2. The topological polar surface area (TPSA) is 23.6 Å². The molecule has 0 unspecified atom stereocenters. The summed E-state index contributed by atoms with van der Waals surface area (Å²) in [5.74, 6) is 0.234. The lowest BCUT2D eigenvalue weighted by Gasteiger charge is -2.22. The summed E-state index contributed by atoms with van der Waals surface area (Å²) in [6, 6.07) is 0. The molecule has 1 rings (SSSR count). The number of allylic oxidation sites excluding steroid dienone is 1. The van der Waals surface area contributed by atoms with E-state index < -0.39 is 0 Å². The van der Waals surface area contributed by atoms with E-state index in [0.717, 1.165) is 19.5 Å². The molecule has 0 bridgehead atoms. The van der Waals surface area contributed by atoms with Crippen molar-refractivity contribution < 1.29 is 4.79 Å². The average molecular weight is 168 g/mol. The Kier molecular flexibility index (Phi) is 3.29.